The summed E-state index contributed by atoms with van der Waals surface area (Å²) in [6.07, 6.45) is -17.5. The summed E-state index contributed by atoms with van der Waals surface area (Å²) < 4.78 is 238. The third-order valence-electron chi connectivity index (χ3n) is 7.24. The normalized spacial score (nSPS) is 16.3. The molecule has 0 heterocycles. The van der Waals surface area contributed by atoms with Crippen LogP contribution in [0.1, 0.15) is 45.9 Å². The van der Waals surface area contributed by atoms with Crippen LogP contribution in [0, 0.1) is 80.5 Å². The van der Waals surface area contributed by atoms with Crippen LogP contribution in [0.25, 0.3) is 16.7 Å². The average Bonchev–Trinajstić information content (AvgIpc) is 3.74. The lowest BCUT2D eigenvalue weighted by molar-refractivity contribution is -0.144. The molecule has 0 spiro atoms. The van der Waals surface area contributed by atoms with Gasteiger partial charge in [-0.3, -0.25) is 0 Å². The van der Waals surface area contributed by atoms with Gasteiger partial charge in [0.05, 0.1) is 39.5 Å². The monoisotopic (exact) mass is 743 g/mol. The van der Waals surface area contributed by atoms with Gasteiger partial charge in [0, 0.05) is 11.1 Å². The number of hydrogen-bond donors (Lipinski definition) is 0. The van der Waals surface area contributed by atoms with Gasteiger partial charge in [-0.25, -0.2) is 35.1 Å². The van der Waals surface area contributed by atoms with Crippen molar-refractivity contribution >= 4 is 16.7 Å². The molecule has 51 heavy (non-hydrogen) atoms. The maximum atomic E-state index is 15.1. The standard InChI is InChI=1S/C31H6F17N3/c1-8(15-21(32)25(36)19(30(43,44)45)26(37)22(15)33)14-16(11(6-50)9-2-3-10(5-49)13(4-9)29(40,41)42)17(14)12(7-51)18-23(34)27(38)20(31(46,47)48)28(39)24(18)35/h2-4H,1H3/b14-8+,16-11-,17-12?. The van der Waals surface area contributed by atoms with Crippen molar-refractivity contribution in [3.8, 4) is 18.2 Å². The van der Waals surface area contributed by atoms with Gasteiger partial charge in [-0.2, -0.15) is 55.3 Å². The maximum absolute atomic E-state index is 15.1. The van der Waals surface area contributed by atoms with E-state index in [-0.39, 0.29) is 6.07 Å². The predicted octanol–water partition coefficient (Wildman–Crippen LogP) is 10.5. The van der Waals surface area contributed by atoms with E-state index in [1.807, 2.05) is 0 Å². The second-order valence-corrected chi connectivity index (χ2v) is 10.1. The molecule has 1 saturated carbocycles. The molecular formula is C31H6F17N3. The van der Waals surface area contributed by atoms with Gasteiger partial charge < -0.3 is 0 Å². The Morgan fingerprint density at radius 3 is 1.25 bits per heavy atom. The molecule has 0 unspecified atom stereocenters. The third-order valence-corrected chi connectivity index (χ3v) is 7.24. The number of nitriles is 3. The van der Waals surface area contributed by atoms with Crippen LogP contribution in [0.3, 0.4) is 0 Å². The number of benzene rings is 3. The van der Waals surface area contributed by atoms with Crippen LogP contribution in [0.15, 0.2) is 34.9 Å². The highest BCUT2D eigenvalue weighted by Gasteiger charge is 2.48. The van der Waals surface area contributed by atoms with Crippen LogP contribution < -0.4 is 0 Å². The van der Waals surface area contributed by atoms with Gasteiger partial charge in [0.25, 0.3) is 0 Å². The molecule has 0 amide bonds. The van der Waals surface area contributed by atoms with Crippen LogP contribution in [-0.2, 0) is 18.5 Å². The Morgan fingerprint density at radius 2 is 0.902 bits per heavy atom. The molecule has 3 aromatic carbocycles. The SMILES string of the molecule is C/C(=C1\C(=C(C#N)c2c(F)c(F)c(C(F)(F)F)c(F)c2F)\C1=C(\C#N)c1ccc(C#N)c(C(F)(F)F)c1)c1c(F)c(F)c(C(F)(F)F)c(F)c1F. The molecule has 0 aromatic heterocycles. The molecule has 4 rings (SSSR count). The van der Waals surface area contributed by atoms with Crippen molar-refractivity contribution in [3.05, 3.63) is 120 Å². The Morgan fingerprint density at radius 1 is 0.510 bits per heavy atom. The number of alkyl halides is 9. The third kappa shape index (κ3) is 6.13. The summed E-state index contributed by atoms with van der Waals surface area (Å²) >= 11 is 0. The van der Waals surface area contributed by atoms with Gasteiger partial charge >= 0.3 is 18.5 Å². The van der Waals surface area contributed by atoms with Crippen molar-refractivity contribution in [1.82, 2.24) is 0 Å². The van der Waals surface area contributed by atoms with Crippen molar-refractivity contribution in [1.29, 1.82) is 15.8 Å². The summed E-state index contributed by atoms with van der Waals surface area (Å²) in [5, 5.41) is 28.7. The number of allylic oxidation sites excluding steroid dienone is 6. The second-order valence-electron chi connectivity index (χ2n) is 10.1. The van der Waals surface area contributed by atoms with Gasteiger partial charge in [0.1, 0.15) is 23.3 Å². The first kappa shape index (κ1) is 38.0. The zero-order valence-electron chi connectivity index (χ0n) is 24.0. The minimum atomic E-state index is -6.11. The fourth-order valence-corrected chi connectivity index (χ4v) is 5.03. The van der Waals surface area contributed by atoms with Gasteiger partial charge in [-0.1, -0.05) is 6.07 Å². The van der Waals surface area contributed by atoms with E-state index >= 15 is 17.6 Å². The van der Waals surface area contributed by atoms with Crippen LogP contribution in [0.4, 0.5) is 74.6 Å². The van der Waals surface area contributed by atoms with Crippen molar-refractivity contribution in [2.45, 2.75) is 25.5 Å². The van der Waals surface area contributed by atoms with E-state index in [0.29, 0.717) is 19.1 Å². The smallest absolute Gasteiger partial charge is 0.203 e. The minimum absolute atomic E-state index is 0.0936. The van der Waals surface area contributed by atoms with E-state index < -0.39 is 137 Å². The second kappa shape index (κ2) is 12.5. The van der Waals surface area contributed by atoms with Crippen molar-refractivity contribution in [2.75, 3.05) is 0 Å². The summed E-state index contributed by atoms with van der Waals surface area (Å²) in [7, 11) is 0. The van der Waals surface area contributed by atoms with Gasteiger partial charge in [0.2, 0.25) is 0 Å². The first-order chi connectivity index (χ1) is 23.4. The van der Waals surface area contributed by atoms with E-state index in [1.165, 1.54) is 6.07 Å². The zero-order valence-corrected chi connectivity index (χ0v) is 24.0. The van der Waals surface area contributed by atoms with Crippen molar-refractivity contribution in [2.24, 2.45) is 0 Å². The lowest BCUT2D eigenvalue weighted by atomic mass is 9.97. The Labute approximate surface area is 271 Å². The van der Waals surface area contributed by atoms with Crippen LogP contribution >= 0.6 is 0 Å². The quantitative estimate of drug-likeness (QED) is 0.152. The summed E-state index contributed by atoms with van der Waals surface area (Å²) in [5.41, 5.74) is -22.3. The zero-order chi connectivity index (χ0) is 38.9. The Bertz CT molecular complexity index is 2220. The Hall–Kier alpha value is -5.84. The molecule has 0 aliphatic heterocycles. The van der Waals surface area contributed by atoms with Crippen molar-refractivity contribution in [3.63, 3.8) is 0 Å². The number of halogens is 17. The molecule has 3 nitrogen and oxygen atoms in total. The Kier molecular flexibility index (Phi) is 9.30. The van der Waals surface area contributed by atoms with Crippen molar-refractivity contribution < 1.29 is 74.6 Å². The summed E-state index contributed by atoms with van der Waals surface area (Å²) in [6.45, 7) is 0.403. The largest absolute Gasteiger partial charge is 0.422 e. The molecule has 0 saturated heterocycles. The van der Waals surface area contributed by atoms with E-state index in [9.17, 15) is 67.6 Å². The maximum Gasteiger partial charge on any atom is 0.422 e. The lowest BCUT2D eigenvalue weighted by Crippen LogP contribution is -2.17. The van der Waals surface area contributed by atoms with Crippen LogP contribution in [0.5, 0.6) is 0 Å². The number of rotatable bonds is 3. The first-order valence-electron chi connectivity index (χ1n) is 12.9. The molecule has 0 bridgehead atoms. The predicted molar refractivity (Wildman–Crippen MR) is 136 cm³/mol. The van der Waals surface area contributed by atoms with Crippen LogP contribution in [-0.4, -0.2) is 0 Å². The molecule has 1 aliphatic rings. The molecular weight excluding hydrogens is 737 g/mol. The average molecular weight is 743 g/mol. The highest BCUT2D eigenvalue weighted by atomic mass is 19.4. The molecule has 0 atom stereocenters. The molecule has 264 valence electrons. The number of hydrogen-bond acceptors (Lipinski definition) is 3. The van der Waals surface area contributed by atoms with E-state index in [2.05, 4.69) is 0 Å². The fraction of sp³-hybridized carbons (Fsp3) is 0.129. The van der Waals surface area contributed by atoms with Crippen LogP contribution in [0.2, 0.25) is 0 Å². The van der Waals surface area contributed by atoms with E-state index in [4.69, 9.17) is 5.26 Å². The molecule has 0 N–H and O–H groups in total. The van der Waals surface area contributed by atoms with Gasteiger partial charge in [-0.05, 0) is 35.8 Å². The first-order valence-corrected chi connectivity index (χ1v) is 12.9. The molecule has 3 aromatic rings. The molecule has 0 radical (unpaired) electrons. The summed E-state index contributed by atoms with van der Waals surface area (Å²) in [6, 6.07) is 4.47. The van der Waals surface area contributed by atoms with E-state index in [0.717, 1.165) is 12.1 Å². The highest BCUT2D eigenvalue weighted by Crippen LogP contribution is 2.57. The minimum Gasteiger partial charge on any atom is -0.203 e. The fourth-order valence-electron chi connectivity index (χ4n) is 5.03. The summed E-state index contributed by atoms with van der Waals surface area (Å²) in [4.78, 5) is 0. The van der Waals surface area contributed by atoms with E-state index in [1.54, 1.807) is 0 Å². The van der Waals surface area contributed by atoms with Gasteiger partial charge in [-0.15, -0.1) is 0 Å². The van der Waals surface area contributed by atoms with Gasteiger partial charge in [0.15, 0.2) is 46.5 Å². The highest BCUT2D eigenvalue weighted by molar-refractivity contribution is 6.10. The Balaban J connectivity index is 2.27. The number of nitrogens with zero attached hydrogens (tertiary/aromatic N) is 3. The topological polar surface area (TPSA) is 71.4 Å². The molecule has 20 heteroatoms. The molecule has 1 aliphatic carbocycles. The lowest BCUT2D eigenvalue weighted by Gasteiger charge is -2.14. The molecule has 1 fully saturated rings. The summed E-state index contributed by atoms with van der Waals surface area (Å²) in [5.74, 6) is -23.9.